The summed E-state index contributed by atoms with van der Waals surface area (Å²) in [6, 6.07) is 0. The number of esters is 1. The Balaban J connectivity index is 0.938. The lowest BCUT2D eigenvalue weighted by Gasteiger charge is -2.71. The number of allylic oxidation sites excluding steroid dienone is 2. The number of aliphatic hydroxyl groups is 16. The number of fused-ring (bicyclic) bond motifs is 7. The van der Waals surface area contributed by atoms with Gasteiger partial charge in [-0.05, 0) is 104 Å². The lowest BCUT2D eigenvalue weighted by atomic mass is 9.33. The highest BCUT2D eigenvalue weighted by Gasteiger charge is 2.73. The maximum atomic E-state index is 15.7. The van der Waals surface area contributed by atoms with E-state index in [0.717, 1.165) is 11.9 Å². The van der Waals surface area contributed by atoms with E-state index < -0.39 is 225 Å². The molecule has 28 heteroatoms. The third kappa shape index (κ3) is 11.2. The van der Waals surface area contributed by atoms with Gasteiger partial charge in [-0.3, -0.25) is 4.79 Å². The molecular formula is C59H94O28. The second-order valence-corrected chi connectivity index (χ2v) is 28.4. The fourth-order valence-electron chi connectivity index (χ4n) is 17.5. The molecule has 34 atom stereocenters. The number of carbonyl (C=O) groups excluding carboxylic acids is 2. The van der Waals surface area contributed by atoms with Crippen molar-refractivity contribution in [2.45, 2.75) is 266 Å². The first-order chi connectivity index (χ1) is 40.8. The third-order valence-corrected chi connectivity index (χ3v) is 23.1. The molecule has 0 radical (unpaired) electrons. The van der Waals surface area contributed by atoms with Crippen LogP contribution < -0.4 is 0 Å². The fraction of sp³-hybridized carbons (Fsp3) is 0.932. The first-order valence-electron chi connectivity index (χ1n) is 30.7. The summed E-state index contributed by atoms with van der Waals surface area (Å²) in [5.41, 5.74) is -4.01. The van der Waals surface area contributed by atoms with E-state index in [1.165, 1.54) is 6.92 Å². The molecule has 0 spiro atoms. The molecule has 498 valence electrons. The SMILES string of the molecule is C[C@H]1O[C@H](O[C@@H]2[C@@H](O[C@H]3[C@H](O)[C@@H](OC(=O)[C@]45CCC(C)(C)C[C@@H]4C4=CC[C@@H]6[C@@]7(C)CC[C@H](O[C@@H]8O[C@H](CO)[C@@H](O)[C@H](O)[C@H]8O)[C@@](C)(C=O)[C@H]7CC[C@@]6(C)[C@]4(C)C[C@H]5O)O[C@@H](CO[C@H]4O[C@@H](CO)[C@H](O)[C@@H](O)[C@@H]4O)[C@@H]3O)OC[C@@H](O)[C@H]2O)[C@@H](O)[C@@H](O)[C@@H]1O. The fourth-order valence-corrected chi connectivity index (χ4v) is 17.5. The zero-order valence-corrected chi connectivity index (χ0v) is 50.1. The van der Waals surface area contributed by atoms with Crippen LogP contribution in [0.2, 0.25) is 0 Å². The van der Waals surface area contributed by atoms with E-state index in [4.69, 9.17) is 47.4 Å². The Bertz CT molecular complexity index is 2450. The highest BCUT2D eigenvalue weighted by Crippen LogP contribution is 2.76. The molecule has 10 rings (SSSR count). The molecule has 0 aromatic rings. The maximum Gasteiger partial charge on any atom is 0.317 e. The number of hydrogen-bond donors (Lipinski definition) is 16. The van der Waals surface area contributed by atoms with Crippen LogP contribution in [0.1, 0.15) is 106 Å². The molecule has 5 aliphatic heterocycles. The van der Waals surface area contributed by atoms with Crippen molar-refractivity contribution >= 4 is 12.3 Å². The zero-order valence-electron chi connectivity index (χ0n) is 50.1. The molecule has 0 aromatic carbocycles. The lowest BCUT2D eigenvalue weighted by molar-refractivity contribution is -0.378. The molecule has 5 saturated heterocycles. The van der Waals surface area contributed by atoms with E-state index in [-0.39, 0.29) is 30.1 Å². The smallest absolute Gasteiger partial charge is 0.317 e. The molecule has 5 heterocycles. The van der Waals surface area contributed by atoms with Crippen LogP contribution in [-0.2, 0) is 57.0 Å². The summed E-state index contributed by atoms with van der Waals surface area (Å²) in [6.45, 7) is 11.1. The molecule has 0 unspecified atom stereocenters. The highest BCUT2D eigenvalue weighted by molar-refractivity contribution is 5.80. The van der Waals surface area contributed by atoms with Gasteiger partial charge < -0.3 is 134 Å². The van der Waals surface area contributed by atoms with Crippen molar-refractivity contribution in [3.8, 4) is 0 Å². The van der Waals surface area contributed by atoms with E-state index in [0.29, 0.717) is 44.9 Å². The predicted octanol–water partition coefficient (Wildman–Crippen LogP) is -4.39. The highest BCUT2D eigenvalue weighted by atomic mass is 16.8. The van der Waals surface area contributed by atoms with E-state index in [1.807, 2.05) is 6.92 Å². The summed E-state index contributed by atoms with van der Waals surface area (Å²) in [4.78, 5) is 29.3. The minimum Gasteiger partial charge on any atom is -0.432 e. The second kappa shape index (κ2) is 25.0. The summed E-state index contributed by atoms with van der Waals surface area (Å²) in [5, 5.41) is 175. The van der Waals surface area contributed by atoms with Crippen LogP contribution in [-0.4, -0.2) is 280 Å². The van der Waals surface area contributed by atoms with Gasteiger partial charge in [0, 0.05) is 0 Å². The zero-order chi connectivity index (χ0) is 63.6. The monoisotopic (exact) mass is 1250 g/mol. The number of aliphatic hydroxyl groups excluding tert-OH is 16. The number of rotatable bonds is 14. The quantitative estimate of drug-likeness (QED) is 0.0338. The van der Waals surface area contributed by atoms with Gasteiger partial charge in [-0.1, -0.05) is 53.2 Å². The molecule has 0 amide bonds. The van der Waals surface area contributed by atoms with Crippen LogP contribution >= 0.6 is 0 Å². The molecule has 5 aliphatic carbocycles. The summed E-state index contributed by atoms with van der Waals surface area (Å²) in [7, 11) is 0. The number of ether oxygens (including phenoxy) is 10. The molecule has 10 aliphatic rings. The normalized spacial score (nSPS) is 55.1. The number of aldehydes is 1. The number of hydrogen-bond acceptors (Lipinski definition) is 28. The second-order valence-electron chi connectivity index (χ2n) is 28.4. The van der Waals surface area contributed by atoms with Crippen LogP contribution in [0.3, 0.4) is 0 Å². The number of carbonyl (C=O) groups is 2. The van der Waals surface area contributed by atoms with Crippen molar-refractivity contribution in [2.75, 3.05) is 26.4 Å². The minimum absolute atomic E-state index is 0.0738. The van der Waals surface area contributed by atoms with Gasteiger partial charge in [0.25, 0.3) is 0 Å². The Hall–Kier alpha value is -2.12. The summed E-state index contributed by atoms with van der Waals surface area (Å²) in [6.07, 6.45) is -36.9. The van der Waals surface area contributed by atoms with Gasteiger partial charge in [-0.25, -0.2) is 0 Å². The van der Waals surface area contributed by atoms with Crippen LogP contribution in [0, 0.1) is 50.2 Å². The minimum atomic E-state index is -2.14. The molecule has 16 N–H and O–H groups in total. The molecule has 9 fully saturated rings. The van der Waals surface area contributed by atoms with Crippen LogP contribution in [0.15, 0.2) is 11.6 Å². The van der Waals surface area contributed by atoms with Crippen LogP contribution in [0.4, 0.5) is 0 Å². The first kappa shape index (κ1) is 67.8. The topological polar surface area (TPSA) is 450 Å². The average molecular weight is 1250 g/mol. The van der Waals surface area contributed by atoms with Crippen molar-refractivity contribution in [1.29, 1.82) is 0 Å². The van der Waals surface area contributed by atoms with Gasteiger partial charge in [-0.2, -0.15) is 0 Å². The summed E-state index contributed by atoms with van der Waals surface area (Å²) < 4.78 is 59.4. The Labute approximate surface area is 503 Å². The Morgan fingerprint density at radius 3 is 1.80 bits per heavy atom. The van der Waals surface area contributed by atoms with Gasteiger partial charge in [0.2, 0.25) is 6.29 Å². The van der Waals surface area contributed by atoms with Gasteiger partial charge in [-0.15, -0.1) is 0 Å². The van der Waals surface area contributed by atoms with Gasteiger partial charge in [0.05, 0.1) is 50.2 Å². The first-order valence-corrected chi connectivity index (χ1v) is 30.7. The third-order valence-electron chi connectivity index (χ3n) is 23.1. The summed E-state index contributed by atoms with van der Waals surface area (Å²) >= 11 is 0. The Morgan fingerprint density at radius 1 is 0.586 bits per heavy atom. The van der Waals surface area contributed by atoms with Crippen molar-refractivity contribution in [3.63, 3.8) is 0 Å². The molecular weight excluding hydrogens is 1160 g/mol. The maximum absolute atomic E-state index is 15.7. The molecule has 4 saturated carbocycles. The lowest BCUT2D eigenvalue weighted by Crippen LogP contribution is -2.69. The van der Waals surface area contributed by atoms with Crippen molar-refractivity contribution in [3.05, 3.63) is 11.6 Å². The molecule has 0 aromatic heterocycles. The Kier molecular flexibility index (Phi) is 19.5. The molecule has 87 heavy (non-hydrogen) atoms. The Morgan fingerprint density at radius 2 is 1.17 bits per heavy atom. The van der Waals surface area contributed by atoms with E-state index >= 15 is 4.79 Å². The standard InChI is InChI=1S/C59H94O28/c1-23-34(65)39(70)43(74)49(80-23)86-47-35(66)26(63)20-78-52(47)85-46-38(69)29(21-79-48-42(73)40(71)36(67)27(18-60)81-48)83-51(45(46)76)87-53(77)59-15-14-54(2,3)16-25(59)24-8-9-31-55(4)12-11-33(84-50-44(75)41(72)37(68)28(19-61)82-50)56(5,22-62)30(55)10-13-57(31,6)58(24,7)17-32(59)64/h8,22-23,25-52,60-61,63-76H,9-21H2,1-7H3/t23-,25-,26-,27+,28-,29+,30+,31-,32-,33+,34-,35-,36+,37-,38+,39+,40-,41+,42+,43+,44-,45+,46-,47+,48+,49-,50+,51-,52-,55+,56+,57-,58-,59-/m1/s1. The largest absolute Gasteiger partial charge is 0.432 e. The van der Waals surface area contributed by atoms with Crippen molar-refractivity contribution in [2.24, 2.45) is 50.2 Å². The van der Waals surface area contributed by atoms with Crippen LogP contribution in [0.5, 0.6) is 0 Å². The van der Waals surface area contributed by atoms with Gasteiger partial charge in [0.15, 0.2) is 25.2 Å². The molecule has 28 nitrogen and oxygen atoms in total. The summed E-state index contributed by atoms with van der Waals surface area (Å²) in [5.74, 6) is -1.94. The van der Waals surface area contributed by atoms with E-state index in [1.54, 1.807) is 0 Å². The van der Waals surface area contributed by atoms with Gasteiger partial charge in [0.1, 0.15) is 122 Å². The van der Waals surface area contributed by atoms with Crippen LogP contribution in [0.25, 0.3) is 0 Å². The van der Waals surface area contributed by atoms with Gasteiger partial charge >= 0.3 is 5.97 Å². The van der Waals surface area contributed by atoms with E-state index in [2.05, 4.69) is 40.7 Å². The predicted molar refractivity (Wildman–Crippen MR) is 290 cm³/mol. The van der Waals surface area contributed by atoms with Crippen molar-refractivity contribution in [1.82, 2.24) is 0 Å². The van der Waals surface area contributed by atoms with E-state index in [9.17, 15) is 86.5 Å². The van der Waals surface area contributed by atoms with Crippen molar-refractivity contribution < 1.29 is 139 Å². The average Bonchev–Trinajstić information content (AvgIpc) is 0.680. The molecule has 0 bridgehead atoms.